The molecule has 0 aromatic heterocycles. The van der Waals surface area contributed by atoms with Gasteiger partial charge in [-0.15, -0.1) is 0 Å². The van der Waals surface area contributed by atoms with Crippen LogP contribution in [0.5, 0.6) is 5.75 Å². The van der Waals surface area contributed by atoms with Gasteiger partial charge in [-0.25, -0.2) is 8.78 Å². The van der Waals surface area contributed by atoms with Crippen molar-refractivity contribution in [3.63, 3.8) is 0 Å². The zero-order valence-corrected chi connectivity index (χ0v) is 14.2. The third-order valence-corrected chi connectivity index (χ3v) is 4.17. The maximum Gasteiger partial charge on any atom is 0.146 e. The molecule has 0 spiro atoms. The summed E-state index contributed by atoms with van der Waals surface area (Å²) in [6.45, 7) is 0.368. The molecule has 0 saturated heterocycles. The molecule has 21 heavy (non-hydrogen) atoms. The lowest BCUT2D eigenvalue weighted by atomic mass is 10.1. The van der Waals surface area contributed by atoms with Gasteiger partial charge in [-0.1, -0.05) is 6.07 Å². The molecule has 2 aromatic carbocycles. The molecule has 112 valence electrons. The quantitative estimate of drug-likeness (QED) is 0.719. The van der Waals surface area contributed by atoms with Crippen LogP contribution in [0.25, 0.3) is 0 Å². The van der Waals surface area contributed by atoms with Crippen LogP contribution in [0.2, 0.25) is 0 Å². The summed E-state index contributed by atoms with van der Waals surface area (Å²) in [6, 6.07) is 8.04. The van der Waals surface area contributed by atoms with Crippen molar-refractivity contribution in [3.8, 4) is 5.75 Å². The highest BCUT2D eigenvalue weighted by atomic mass is 79.9. The minimum atomic E-state index is -0.647. The van der Waals surface area contributed by atoms with E-state index in [1.165, 1.54) is 12.1 Å². The van der Waals surface area contributed by atoms with Crippen LogP contribution in [0.1, 0.15) is 11.1 Å². The SMILES string of the molecule is NCCc1ccc(OCc2c(F)ccc(Br)c2F)c(Br)c1. The van der Waals surface area contributed by atoms with Crippen molar-refractivity contribution < 1.29 is 13.5 Å². The largest absolute Gasteiger partial charge is 0.488 e. The van der Waals surface area contributed by atoms with Crippen LogP contribution >= 0.6 is 31.9 Å². The Morgan fingerprint density at radius 2 is 1.81 bits per heavy atom. The number of halogens is 4. The first-order chi connectivity index (χ1) is 10.0. The number of hydrogen-bond acceptors (Lipinski definition) is 2. The maximum atomic E-state index is 13.8. The fourth-order valence-electron chi connectivity index (χ4n) is 1.83. The molecular formula is C15H13Br2F2NO. The summed E-state index contributed by atoms with van der Waals surface area (Å²) < 4.78 is 33.9. The van der Waals surface area contributed by atoms with Crippen molar-refractivity contribution >= 4 is 31.9 Å². The Morgan fingerprint density at radius 3 is 2.48 bits per heavy atom. The van der Waals surface area contributed by atoms with E-state index in [1.807, 2.05) is 12.1 Å². The minimum absolute atomic E-state index is 0.109. The Hall–Kier alpha value is -0.980. The molecule has 0 aliphatic heterocycles. The van der Waals surface area contributed by atoms with Crippen LogP contribution < -0.4 is 10.5 Å². The molecule has 0 bridgehead atoms. The monoisotopic (exact) mass is 419 g/mol. The summed E-state index contributed by atoms with van der Waals surface area (Å²) in [5.41, 5.74) is 6.45. The van der Waals surface area contributed by atoms with Crippen LogP contribution in [-0.2, 0) is 13.0 Å². The van der Waals surface area contributed by atoms with E-state index in [4.69, 9.17) is 10.5 Å². The molecule has 0 aliphatic carbocycles. The second kappa shape index (κ2) is 7.33. The summed E-state index contributed by atoms with van der Waals surface area (Å²) in [5, 5.41) is 0. The first-order valence-electron chi connectivity index (χ1n) is 6.26. The average Bonchev–Trinajstić information content (AvgIpc) is 2.45. The standard InChI is InChI=1S/C15H13Br2F2NO/c16-11-2-3-13(18)10(15(11)19)8-21-14-4-1-9(5-6-20)7-12(14)17/h1-4,7H,5-6,8,20H2. The average molecular weight is 421 g/mol. The van der Waals surface area contributed by atoms with E-state index in [9.17, 15) is 8.78 Å². The topological polar surface area (TPSA) is 35.2 Å². The van der Waals surface area contributed by atoms with Crippen LogP contribution in [0.4, 0.5) is 8.78 Å². The maximum absolute atomic E-state index is 13.8. The Morgan fingerprint density at radius 1 is 1.05 bits per heavy atom. The zero-order chi connectivity index (χ0) is 15.4. The molecule has 0 radical (unpaired) electrons. The zero-order valence-electron chi connectivity index (χ0n) is 11.0. The van der Waals surface area contributed by atoms with Gasteiger partial charge < -0.3 is 10.5 Å². The van der Waals surface area contributed by atoms with Gasteiger partial charge in [0, 0.05) is 0 Å². The smallest absolute Gasteiger partial charge is 0.146 e. The first-order valence-corrected chi connectivity index (χ1v) is 7.85. The van der Waals surface area contributed by atoms with E-state index in [0.29, 0.717) is 12.3 Å². The van der Waals surface area contributed by atoms with Gasteiger partial charge in [0.25, 0.3) is 0 Å². The van der Waals surface area contributed by atoms with E-state index in [1.54, 1.807) is 6.07 Å². The predicted octanol–water partition coefficient (Wildman–Crippen LogP) is 4.57. The minimum Gasteiger partial charge on any atom is -0.488 e. The van der Waals surface area contributed by atoms with Crippen LogP contribution in [-0.4, -0.2) is 6.54 Å². The molecule has 2 aromatic rings. The Bertz CT molecular complexity index is 650. The van der Waals surface area contributed by atoms with Crippen LogP contribution in [0.3, 0.4) is 0 Å². The van der Waals surface area contributed by atoms with E-state index in [2.05, 4.69) is 31.9 Å². The van der Waals surface area contributed by atoms with Gasteiger partial charge in [0.15, 0.2) is 0 Å². The number of hydrogen-bond donors (Lipinski definition) is 1. The number of nitrogens with two attached hydrogens (primary N) is 1. The predicted molar refractivity (Wildman–Crippen MR) is 85.3 cm³/mol. The lowest BCUT2D eigenvalue weighted by Gasteiger charge is -2.11. The second-order valence-corrected chi connectivity index (χ2v) is 6.12. The number of ether oxygens (including phenoxy) is 1. The molecule has 0 aliphatic rings. The van der Waals surface area contributed by atoms with E-state index < -0.39 is 11.6 Å². The summed E-state index contributed by atoms with van der Waals surface area (Å²) in [5.74, 6) is -0.757. The molecule has 2 N–H and O–H groups in total. The molecule has 0 heterocycles. The van der Waals surface area contributed by atoms with Gasteiger partial charge in [0.05, 0.1) is 14.5 Å². The van der Waals surface area contributed by atoms with Crippen LogP contribution in [0, 0.1) is 11.6 Å². The third kappa shape index (κ3) is 4.02. The molecule has 0 fully saturated rings. The van der Waals surface area contributed by atoms with Gasteiger partial charge in [-0.05, 0) is 74.7 Å². The van der Waals surface area contributed by atoms with Crippen molar-refractivity contribution in [2.45, 2.75) is 13.0 Å². The van der Waals surface area contributed by atoms with Gasteiger partial charge in [0.1, 0.15) is 24.0 Å². The van der Waals surface area contributed by atoms with Crippen molar-refractivity contribution in [3.05, 3.63) is 62.0 Å². The third-order valence-electron chi connectivity index (χ3n) is 2.94. The summed E-state index contributed by atoms with van der Waals surface area (Å²) >= 11 is 6.41. The van der Waals surface area contributed by atoms with E-state index in [-0.39, 0.29) is 16.6 Å². The Labute approximate surface area is 138 Å². The molecular weight excluding hydrogens is 408 g/mol. The summed E-state index contributed by atoms with van der Waals surface area (Å²) in [6.07, 6.45) is 0.758. The number of rotatable bonds is 5. The van der Waals surface area contributed by atoms with Crippen molar-refractivity contribution in [2.75, 3.05) is 6.54 Å². The fourth-order valence-corrected chi connectivity index (χ4v) is 2.75. The van der Waals surface area contributed by atoms with Crippen molar-refractivity contribution in [1.29, 1.82) is 0 Å². The van der Waals surface area contributed by atoms with E-state index in [0.717, 1.165) is 16.5 Å². The van der Waals surface area contributed by atoms with Gasteiger partial charge in [-0.2, -0.15) is 0 Å². The highest BCUT2D eigenvalue weighted by Crippen LogP contribution is 2.28. The summed E-state index contributed by atoms with van der Waals surface area (Å²) in [7, 11) is 0. The van der Waals surface area contributed by atoms with Crippen molar-refractivity contribution in [2.24, 2.45) is 5.73 Å². The lowest BCUT2D eigenvalue weighted by Crippen LogP contribution is -2.04. The number of benzene rings is 2. The molecule has 2 rings (SSSR count). The van der Waals surface area contributed by atoms with E-state index >= 15 is 0 Å². The Kier molecular flexibility index (Phi) is 5.72. The molecule has 2 nitrogen and oxygen atoms in total. The second-order valence-electron chi connectivity index (χ2n) is 4.41. The molecule has 6 heteroatoms. The lowest BCUT2D eigenvalue weighted by molar-refractivity contribution is 0.290. The highest BCUT2D eigenvalue weighted by molar-refractivity contribution is 9.10. The highest BCUT2D eigenvalue weighted by Gasteiger charge is 2.13. The van der Waals surface area contributed by atoms with Gasteiger partial charge in [-0.3, -0.25) is 0 Å². The molecule has 0 amide bonds. The summed E-state index contributed by atoms with van der Waals surface area (Å²) in [4.78, 5) is 0. The van der Waals surface area contributed by atoms with Gasteiger partial charge >= 0.3 is 0 Å². The molecule has 0 unspecified atom stereocenters. The first kappa shape index (κ1) is 16.4. The fraction of sp³-hybridized carbons (Fsp3) is 0.200. The normalized spacial score (nSPS) is 10.7. The van der Waals surface area contributed by atoms with Crippen LogP contribution in [0.15, 0.2) is 39.3 Å². The van der Waals surface area contributed by atoms with Gasteiger partial charge in [0.2, 0.25) is 0 Å². The van der Waals surface area contributed by atoms with Crippen molar-refractivity contribution in [1.82, 2.24) is 0 Å². The Balaban J connectivity index is 2.15. The molecule has 0 atom stereocenters. The molecule has 0 saturated carbocycles.